The zero-order chi connectivity index (χ0) is 26.4. The normalized spacial score (nSPS) is 11.0. The molecule has 4 rings (SSSR count). The number of rotatable bonds is 9. The third kappa shape index (κ3) is 7.30. The number of sulfonamides is 1. The van der Waals surface area contributed by atoms with Crippen molar-refractivity contribution in [1.82, 2.24) is 0 Å². The van der Waals surface area contributed by atoms with Crippen molar-refractivity contribution in [3.8, 4) is 17.2 Å². The molecule has 190 valence electrons. The first-order valence-electron chi connectivity index (χ1n) is 10.7. The summed E-state index contributed by atoms with van der Waals surface area (Å²) in [6.07, 6.45) is 0. The highest BCUT2D eigenvalue weighted by Crippen LogP contribution is 2.32. The maximum Gasteiger partial charge on any atom is 0.262 e. The second-order valence-electron chi connectivity index (χ2n) is 7.60. The lowest BCUT2D eigenvalue weighted by Gasteiger charge is -2.13. The minimum atomic E-state index is -3.88. The van der Waals surface area contributed by atoms with Crippen LogP contribution in [0.25, 0.3) is 0 Å². The Labute approximate surface area is 228 Å². The van der Waals surface area contributed by atoms with Gasteiger partial charge in [-0.05, 0) is 72.8 Å². The van der Waals surface area contributed by atoms with Crippen LogP contribution in [-0.4, -0.2) is 20.9 Å². The SMILES string of the molecule is O=C(COc1ccc(S(=O)(=O)Nc2ccc(Cl)c(Cl)c2)cc1)Nc1cc(Cl)ccc1Oc1ccccc1. The van der Waals surface area contributed by atoms with Gasteiger partial charge in [0.2, 0.25) is 0 Å². The molecule has 0 radical (unpaired) electrons. The number of halogens is 3. The van der Waals surface area contributed by atoms with Gasteiger partial charge >= 0.3 is 0 Å². The third-order valence-corrected chi connectivity index (χ3v) is 7.23. The fourth-order valence-corrected chi connectivity index (χ4v) is 4.65. The molecule has 0 saturated heterocycles. The molecule has 4 aromatic carbocycles. The smallest absolute Gasteiger partial charge is 0.262 e. The molecule has 0 atom stereocenters. The number of amides is 1. The van der Waals surface area contributed by atoms with E-state index in [4.69, 9.17) is 44.3 Å². The van der Waals surface area contributed by atoms with Crippen LogP contribution in [0.15, 0.2) is 95.9 Å². The number of para-hydroxylation sites is 1. The standard InChI is InChI=1S/C26H19Cl3N2O5S/c27-17-6-13-25(36-20-4-2-1-3-5-20)24(14-17)30-26(32)16-35-19-8-10-21(11-9-19)37(33,34)31-18-7-12-22(28)23(29)15-18/h1-15,31H,16H2,(H,30,32). The highest BCUT2D eigenvalue weighted by atomic mass is 35.5. The Hall–Kier alpha value is -3.43. The molecule has 37 heavy (non-hydrogen) atoms. The van der Waals surface area contributed by atoms with Crippen molar-refractivity contribution < 1.29 is 22.7 Å². The summed E-state index contributed by atoms with van der Waals surface area (Å²) in [6, 6.07) is 24.0. The fraction of sp³-hybridized carbons (Fsp3) is 0.0385. The van der Waals surface area contributed by atoms with Gasteiger partial charge in [0.25, 0.3) is 15.9 Å². The van der Waals surface area contributed by atoms with Crippen molar-refractivity contribution in [2.75, 3.05) is 16.6 Å². The molecule has 1 amide bonds. The van der Waals surface area contributed by atoms with E-state index in [2.05, 4.69) is 10.0 Å². The number of nitrogens with one attached hydrogen (secondary N) is 2. The Bertz CT molecular complexity index is 1520. The van der Waals surface area contributed by atoms with Gasteiger partial charge in [0.15, 0.2) is 12.4 Å². The molecule has 7 nitrogen and oxygen atoms in total. The second kappa shape index (κ2) is 11.7. The van der Waals surface area contributed by atoms with Crippen LogP contribution in [0, 0.1) is 0 Å². The number of hydrogen-bond donors (Lipinski definition) is 2. The molecule has 11 heteroatoms. The highest BCUT2D eigenvalue weighted by molar-refractivity contribution is 7.92. The summed E-state index contributed by atoms with van der Waals surface area (Å²) in [7, 11) is -3.88. The minimum absolute atomic E-state index is 0.00277. The van der Waals surface area contributed by atoms with Gasteiger partial charge in [-0.15, -0.1) is 0 Å². The lowest BCUT2D eigenvalue weighted by molar-refractivity contribution is -0.118. The molecule has 4 aromatic rings. The van der Waals surface area contributed by atoms with Crippen LogP contribution in [0.4, 0.5) is 11.4 Å². The summed E-state index contributed by atoms with van der Waals surface area (Å²) in [5, 5.41) is 3.67. The minimum Gasteiger partial charge on any atom is -0.484 e. The molecule has 0 bridgehead atoms. The van der Waals surface area contributed by atoms with Gasteiger partial charge in [-0.1, -0.05) is 53.0 Å². The molecule has 0 heterocycles. The predicted octanol–water partition coefficient (Wildman–Crippen LogP) is 7.26. The largest absolute Gasteiger partial charge is 0.484 e. The number of hydrogen-bond acceptors (Lipinski definition) is 5. The molecule has 0 aliphatic rings. The maximum absolute atomic E-state index is 12.7. The lowest BCUT2D eigenvalue weighted by atomic mass is 10.2. The molecule has 0 aromatic heterocycles. The third-order valence-electron chi connectivity index (χ3n) is 4.86. The van der Waals surface area contributed by atoms with Gasteiger partial charge in [0, 0.05) is 5.02 Å². The van der Waals surface area contributed by atoms with Crippen LogP contribution >= 0.6 is 34.8 Å². The number of ether oxygens (including phenoxy) is 2. The zero-order valence-electron chi connectivity index (χ0n) is 19.0. The van der Waals surface area contributed by atoms with E-state index in [0.29, 0.717) is 33.0 Å². The Balaban J connectivity index is 1.37. The van der Waals surface area contributed by atoms with E-state index in [-0.39, 0.29) is 22.2 Å². The van der Waals surface area contributed by atoms with Crippen molar-refractivity contribution in [3.05, 3.63) is 106 Å². The highest BCUT2D eigenvalue weighted by Gasteiger charge is 2.16. The number of anilines is 2. The van der Waals surface area contributed by atoms with E-state index < -0.39 is 15.9 Å². The van der Waals surface area contributed by atoms with Gasteiger partial charge in [-0.2, -0.15) is 0 Å². The van der Waals surface area contributed by atoms with Crippen LogP contribution in [0.1, 0.15) is 0 Å². The topological polar surface area (TPSA) is 93.7 Å². The van der Waals surface area contributed by atoms with Crippen LogP contribution in [-0.2, 0) is 14.8 Å². The summed E-state index contributed by atoms with van der Waals surface area (Å²) in [5.41, 5.74) is 0.641. The first kappa shape index (κ1) is 26.6. The van der Waals surface area contributed by atoms with Gasteiger partial charge in [-0.25, -0.2) is 8.42 Å². The van der Waals surface area contributed by atoms with Crippen LogP contribution in [0.5, 0.6) is 17.2 Å². The van der Waals surface area contributed by atoms with Crippen molar-refractivity contribution >= 4 is 62.1 Å². The summed E-state index contributed by atoms with van der Waals surface area (Å²) in [4.78, 5) is 12.5. The molecule has 0 unspecified atom stereocenters. The number of carbonyl (C=O) groups excluding carboxylic acids is 1. The van der Waals surface area contributed by atoms with Crippen molar-refractivity contribution in [1.29, 1.82) is 0 Å². The molecule has 0 spiro atoms. The molecule has 2 N–H and O–H groups in total. The Morgan fingerprint density at radius 3 is 2.22 bits per heavy atom. The van der Waals surface area contributed by atoms with Gasteiger partial charge in [-0.3, -0.25) is 9.52 Å². The lowest BCUT2D eigenvalue weighted by Crippen LogP contribution is -2.20. The van der Waals surface area contributed by atoms with Gasteiger partial charge in [0.05, 0.1) is 26.3 Å². The average Bonchev–Trinajstić information content (AvgIpc) is 2.87. The number of carbonyl (C=O) groups is 1. The Morgan fingerprint density at radius 2 is 1.51 bits per heavy atom. The summed E-state index contributed by atoms with van der Waals surface area (Å²) in [5.74, 6) is 0.849. The molecule has 0 aliphatic heterocycles. The summed E-state index contributed by atoms with van der Waals surface area (Å²) < 4.78 is 39.1. The summed E-state index contributed by atoms with van der Waals surface area (Å²) in [6.45, 7) is -0.328. The van der Waals surface area contributed by atoms with E-state index in [9.17, 15) is 13.2 Å². The predicted molar refractivity (Wildman–Crippen MR) is 146 cm³/mol. The molecular weight excluding hydrogens is 559 g/mol. The molecule has 0 aliphatic carbocycles. The first-order valence-corrected chi connectivity index (χ1v) is 13.3. The Kier molecular flexibility index (Phi) is 8.45. The monoisotopic (exact) mass is 576 g/mol. The average molecular weight is 578 g/mol. The van der Waals surface area contributed by atoms with E-state index in [1.807, 2.05) is 18.2 Å². The summed E-state index contributed by atoms with van der Waals surface area (Å²) >= 11 is 17.9. The van der Waals surface area contributed by atoms with Crippen molar-refractivity contribution in [3.63, 3.8) is 0 Å². The van der Waals surface area contributed by atoms with Gasteiger partial charge < -0.3 is 14.8 Å². The Morgan fingerprint density at radius 1 is 0.784 bits per heavy atom. The van der Waals surface area contributed by atoms with Crippen molar-refractivity contribution in [2.45, 2.75) is 4.90 Å². The molecule has 0 fully saturated rings. The van der Waals surface area contributed by atoms with Crippen LogP contribution in [0.3, 0.4) is 0 Å². The van der Waals surface area contributed by atoms with Crippen molar-refractivity contribution in [2.24, 2.45) is 0 Å². The first-order chi connectivity index (χ1) is 17.7. The van der Waals surface area contributed by atoms with Crippen LogP contribution in [0.2, 0.25) is 15.1 Å². The molecular formula is C26H19Cl3N2O5S. The quantitative estimate of drug-likeness (QED) is 0.218. The number of benzene rings is 4. The maximum atomic E-state index is 12.7. The van der Waals surface area contributed by atoms with E-state index >= 15 is 0 Å². The fourth-order valence-electron chi connectivity index (χ4n) is 3.13. The second-order valence-corrected chi connectivity index (χ2v) is 10.5. The van der Waals surface area contributed by atoms with E-state index in [1.54, 1.807) is 30.3 Å². The van der Waals surface area contributed by atoms with E-state index in [0.717, 1.165) is 0 Å². The van der Waals surface area contributed by atoms with E-state index in [1.165, 1.54) is 42.5 Å². The molecule has 0 saturated carbocycles. The zero-order valence-corrected chi connectivity index (χ0v) is 22.0. The van der Waals surface area contributed by atoms with Crippen LogP contribution < -0.4 is 19.5 Å². The van der Waals surface area contributed by atoms with Gasteiger partial charge in [0.1, 0.15) is 11.5 Å².